The Morgan fingerprint density at radius 3 is 2.68 bits per heavy atom. The fourth-order valence-electron chi connectivity index (χ4n) is 4.47. The number of aromatic nitrogens is 2. The van der Waals surface area contributed by atoms with E-state index in [1.54, 1.807) is 17.4 Å². The number of hydrogen-bond acceptors (Lipinski definition) is 7. The van der Waals surface area contributed by atoms with Crippen LogP contribution >= 0.6 is 22.9 Å². The number of nitrogens with two attached hydrogens (primary N) is 1. The van der Waals surface area contributed by atoms with Gasteiger partial charge in [-0.2, -0.15) is 0 Å². The molecular weight excluding hydrogens is 502 g/mol. The number of likely N-dealkylation sites (tertiary alicyclic amines) is 1. The molecule has 3 heterocycles. The lowest BCUT2D eigenvalue weighted by Crippen LogP contribution is -2.43. The summed E-state index contributed by atoms with van der Waals surface area (Å²) in [5.41, 5.74) is 9.61. The van der Waals surface area contributed by atoms with Gasteiger partial charge in [-0.15, -0.1) is 11.3 Å². The molecule has 8 heteroatoms. The number of nitrogens with zero attached hydrogens (tertiary/aromatic N) is 3. The van der Waals surface area contributed by atoms with Gasteiger partial charge in [0.25, 0.3) is 0 Å². The third-order valence-corrected chi connectivity index (χ3v) is 8.01. The Bertz CT molecular complexity index is 1130. The predicted octanol–water partition coefficient (Wildman–Crippen LogP) is 6.84. The van der Waals surface area contributed by atoms with E-state index in [2.05, 4.69) is 61.1 Å². The molecule has 3 N–H and O–H groups in total. The van der Waals surface area contributed by atoms with Crippen LogP contribution in [0.1, 0.15) is 70.0 Å². The number of piperidine rings is 1. The highest BCUT2D eigenvalue weighted by Gasteiger charge is 2.29. The first-order valence-electron chi connectivity index (χ1n) is 13.1. The minimum Gasteiger partial charge on any atom is -0.478 e. The molecule has 0 aliphatic carbocycles. The van der Waals surface area contributed by atoms with Gasteiger partial charge in [0.05, 0.1) is 28.5 Å². The number of rotatable bonds is 11. The number of hydrogen-bond donors (Lipinski definition) is 2. The summed E-state index contributed by atoms with van der Waals surface area (Å²) in [6, 6.07) is 1.68. The lowest BCUT2D eigenvalue weighted by Gasteiger charge is -2.34. The molecule has 0 saturated carbocycles. The first kappa shape index (κ1) is 29.4. The molecule has 0 amide bonds. The van der Waals surface area contributed by atoms with Gasteiger partial charge < -0.3 is 15.8 Å². The SMILES string of the molecule is C/C=C\C=C/C(=C(C)C)c1ncc(CN2CCC(CNC(C)(C)c3nc(OCC)cc(Cl)c3N)CC2)s1. The number of nitrogen functional groups attached to an aromatic ring is 1. The summed E-state index contributed by atoms with van der Waals surface area (Å²) in [4.78, 5) is 13.2. The fraction of sp³-hybridized carbons (Fsp3) is 0.517. The molecule has 1 saturated heterocycles. The highest BCUT2D eigenvalue weighted by Crippen LogP contribution is 2.33. The first-order valence-corrected chi connectivity index (χ1v) is 14.3. The number of ether oxygens (including phenoxy) is 1. The van der Waals surface area contributed by atoms with Crippen molar-refractivity contribution < 1.29 is 4.74 Å². The van der Waals surface area contributed by atoms with Crippen LogP contribution in [0.3, 0.4) is 0 Å². The monoisotopic (exact) mass is 543 g/mol. The first-order chi connectivity index (χ1) is 17.6. The van der Waals surface area contributed by atoms with Crippen LogP contribution in [-0.4, -0.2) is 41.1 Å². The van der Waals surface area contributed by atoms with E-state index >= 15 is 0 Å². The van der Waals surface area contributed by atoms with Crippen molar-refractivity contribution in [2.24, 2.45) is 5.92 Å². The minimum absolute atomic E-state index is 0.416. The molecule has 202 valence electrons. The van der Waals surface area contributed by atoms with Gasteiger partial charge in [-0.3, -0.25) is 4.90 Å². The van der Waals surface area contributed by atoms with Crippen LogP contribution in [0.25, 0.3) is 5.57 Å². The Morgan fingerprint density at radius 1 is 1.30 bits per heavy atom. The molecule has 2 aromatic rings. The predicted molar refractivity (Wildman–Crippen MR) is 158 cm³/mol. The second kappa shape index (κ2) is 13.6. The van der Waals surface area contributed by atoms with Gasteiger partial charge in [-0.05, 0) is 79.9 Å². The maximum absolute atomic E-state index is 6.36. The van der Waals surface area contributed by atoms with Crippen molar-refractivity contribution in [2.75, 3.05) is 32.0 Å². The molecule has 2 aromatic heterocycles. The van der Waals surface area contributed by atoms with Crippen LogP contribution < -0.4 is 15.8 Å². The molecule has 1 aliphatic rings. The molecule has 37 heavy (non-hydrogen) atoms. The highest BCUT2D eigenvalue weighted by molar-refractivity contribution is 7.12. The quantitative estimate of drug-likeness (QED) is 0.302. The molecule has 0 aromatic carbocycles. The van der Waals surface area contributed by atoms with Gasteiger partial charge in [0.1, 0.15) is 5.01 Å². The van der Waals surface area contributed by atoms with Crippen LogP contribution in [0.2, 0.25) is 5.02 Å². The van der Waals surface area contributed by atoms with E-state index < -0.39 is 5.54 Å². The van der Waals surface area contributed by atoms with E-state index in [0.29, 0.717) is 29.1 Å². The van der Waals surface area contributed by atoms with Gasteiger partial charge in [-0.1, -0.05) is 41.5 Å². The average Bonchev–Trinajstić information content (AvgIpc) is 3.31. The maximum Gasteiger partial charge on any atom is 0.215 e. The van der Waals surface area contributed by atoms with Crippen molar-refractivity contribution in [2.45, 2.75) is 66.5 Å². The smallest absolute Gasteiger partial charge is 0.215 e. The minimum atomic E-state index is -0.416. The van der Waals surface area contributed by atoms with E-state index in [1.165, 1.54) is 16.0 Å². The van der Waals surface area contributed by atoms with Crippen LogP contribution in [-0.2, 0) is 12.1 Å². The Labute approximate surface area is 231 Å². The molecule has 6 nitrogen and oxygen atoms in total. The molecule has 0 radical (unpaired) electrons. The molecular formula is C29H42ClN5OS. The highest BCUT2D eigenvalue weighted by atomic mass is 35.5. The number of anilines is 1. The van der Waals surface area contributed by atoms with Crippen LogP contribution in [0.4, 0.5) is 5.69 Å². The van der Waals surface area contributed by atoms with E-state index in [-0.39, 0.29) is 0 Å². The third kappa shape index (κ3) is 8.14. The third-order valence-electron chi connectivity index (χ3n) is 6.68. The number of allylic oxidation sites excluding steroid dienone is 6. The zero-order valence-corrected chi connectivity index (χ0v) is 24.7. The molecule has 1 fully saturated rings. The van der Waals surface area contributed by atoms with Crippen molar-refractivity contribution in [3.63, 3.8) is 0 Å². The van der Waals surface area contributed by atoms with Crippen LogP contribution in [0.15, 0.2) is 42.1 Å². The molecule has 3 rings (SSSR count). The number of halogens is 1. The number of pyridine rings is 1. The van der Waals surface area contributed by atoms with Gasteiger partial charge in [-0.25, -0.2) is 9.97 Å². The fourth-order valence-corrected chi connectivity index (χ4v) is 5.74. The van der Waals surface area contributed by atoms with Crippen molar-refractivity contribution >= 4 is 34.2 Å². The summed E-state index contributed by atoms with van der Waals surface area (Å²) in [6.45, 7) is 17.0. The van der Waals surface area contributed by atoms with E-state index in [9.17, 15) is 0 Å². The normalized spacial score (nSPS) is 15.6. The molecule has 1 aliphatic heterocycles. The van der Waals surface area contributed by atoms with Crippen molar-refractivity contribution in [3.8, 4) is 5.88 Å². The number of thiazole rings is 1. The van der Waals surface area contributed by atoms with Crippen LogP contribution in [0, 0.1) is 5.92 Å². The summed E-state index contributed by atoms with van der Waals surface area (Å²) in [5, 5.41) is 5.27. The second-order valence-corrected chi connectivity index (χ2v) is 11.8. The Hall–Kier alpha value is -2.19. The van der Waals surface area contributed by atoms with Gasteiger partial charge in [0.2, 0.25) is 5.88 Å². The van der Waals surface area contributed by atoms with Gasteiger partial charge in [0.15, 0.2) is 0 Å². The van der Waals surface area contributed by atoms with Gasteiger partial charge in [0, 0.05) is 29.3 Å². The summed E-state index contributed by atoms with van der Waals surface area (Å²) in [7, 11) is 0. The zero-order valence-electron chi connectivity index (χ0n) is 23.1. The summed E-state index contributed by atoms with van der Waals surface area (Å²) in [5.74, 6) is 1.12. The van der Waals surface area contributed by atoms with E-state index in [4.69, 9.17) is 27.1 Å². The van der Waals surface area contributed by atoms with Gasteiger partial charge >= 0.3 is 0 Å². The molecule has 0 atom stereocenters. The molecule has 0 bridgehead atoms. The van der Waals surface area contributed by atoms with Crippen molar-refractivity contribution in [1.82, 2.24) is 20.2 Å². The topological polar surface area (TPSA) is 76.3 Å². The number of nitrogens with one attached hydrogen (secondary N) is 1. The maximum atomic E-state index is 6.36. The Kier molecular flexibility index (Phi) is 10.8. The van der Waals surface area contributed by atoms with E-state index in [1.807, 2.05) is 26.1 Å². The zero-order chi connectivity index (χ0) is 27.0. The Morgan fingerprint density at radius 2 is 2.03 bits per heavy atom. The van der Waals surface area contributed by atoms with Crippen molar-refractivity contribution in [1.29, 1.82) is 0 Å². The summed E-state index contributed by atoms with van der Waals surface area (Å²) < 4.78 is 5.58. The Balaban J connectivity index is 1.54. The lowest BCUT2D eigenvalue weighted by molar-refractivity contribution is 0.169. The summed E-state index contributed by atoms with van der Waals surface area (Å²) >= 11 is 8.17. The largest absolute Gasteiger partial charge is 0.478 e. The second-order valence-electron chi connectivity index (χ2n) is 10.3. The lowest BCUT2D eigenvalue weighted by atomic mass is 9.93. The molecule has 0 unspecified atom stereocenters. The average molecular weight is 544 g/mol. The van der Waals surface area contributed by atoms with Crippen LogP contribution in [0.5, 0.6) is 5.88 Å². The van der Waals surface area contributed by atoms with Crippen molar-refractivity contribution in [3.05, 3.63) is 62.7 Å². The summed E-state index contributed by atoms with van der Waals surface area (Å²) in [6.07, 6.45) is 12.7. The molecule has 0 spiro atoms. The standard InChI is InChI=1S/C29H42ClN5OS/c1-7-9-10-11-23(20(3)4)28-32-18-22(37-28)19-35-14-12-21(13-15-35)17-33-29(5,6)27-26(31)24(30)16-25(34-27)36-8-2/h7,9-11,16,18,21,33H,8,12-15,17,19,31H2,1-6H3/b9-7-,11-10-. The van der Waals surface area contributed by atoms with E-state index in [0.717, 1.165) is 49.7 Å².